The molecule has 2 heterocycles. The van der Waals surface area contributed by atoms with E-state index in [1.807, 2.05) is 0 Å². The third-order valence-corrected chi connectivity index (χ3v) is 4.71. The molecule has 0 aliphatic carbocycles. The first kappa shape index (κ1) is 12.5. The van der Waals surface area contributed by atoms with E-state index >= 15 is 0 Å². The second-order valence-corrected chi connectivity index (χ2v) is 6.01. The Morgan fingerprint density at radius 1 is 1.24 bits per heavy atom. The van der Waals surface area contributed by atoms with Gasteiger partial charge in [0.25, 0.3) is 10.0 Å². The van der Waals surface area contributed by atoms with Crippen LogP contribution in [-0.2, 0) is 16.6 Å². The molecule has 0 amide bonds. The van der Waals surface area contributed by atoms with E-state index in [-0.39, 0.29) is 11.6 Å². The summed E-state index contributed by atoms with van der Waals surface area (Å²) in [5, 5.41) is 8.95. The van der Waals surface area contributed by atoms with Crippen LogP contribution >= 0.6 is 0 Å². The number of rotatable bonds is 3. The van der Waals surface area contributed by atoms with Crippen molar-refractivity contribution in [3.8, 4) is 0 Å². The fraction of sp³-hybridized carbons (Fsp3) is 0.545. The van der Waals surface area contributed by atoms with E-state index in [0.717, 1.165) is 19.3 Å². The SMILES string of the molecule is O=S(=O)(c1ccc(CO)cn1)N1CCCCC1. The van der Waals surface area contributed by atoms with Crippen molar-refractivity contribution in [2.75, 3.05) is 13.1 Å². The maximum absolute atomic E-state index is 12.2. The van der Waals surface area contributed by atoms with Gasteiger partial charge in [0.1, 0.15) is 0 Å². The van der Waals surface area contributed by atoms with E-state index in [4.69, 9.17) is 5.11 Å². The molecule has 1 aromatic rings. The van der Waals surface area contributed by atoms with Gasteiger partial charge in [-0.2, -0.15) is 4.31 Å². The number of hydrogen-bond acceptors (Lipinski definition) is 4. The van der Waals surface area contributed by atoms with E-state index in [9.17, 15) is 8.42 Å². The van der Waals surface area contributed by atoms with Crippen LogP contribution in [0.15, 0.2) is 23.4 Å². The van der Waals surface area contributed by atoms with E-state index in [0.29, 0.717) is 18.7 Å². The maximum atomic E-state index is 12.2. The zero-order valence-electron chi connectivity index (χ0n) is 9.54. The molecule has 1 aromatic heterocycles. The van der Waals surface area contributed by atoms with Crippen molar-refractivity contribution in [1.82, 2.24) is 9.29 Å². The Hall–Kier alpha value is -0.980. The molecule has 0 radical (unpaired) electrons. The van der Waals surface area contributed by atoms with Crippen molar-refractivity contribution in [3.63, 3.8) is 0 Å². The number of pyridine rings is 1. The van der Waals surface area contributed by atoms with Crippen LogP contribution in [0.2, 0.25) is 0 Å². The highest BCUT2D eigenvalue weighted by atomic mass is 32.2. The third kappa shape index (κ3) is 2.65. The first-order valence-electron chi connectivity index (χ1n) is 5.70. The van der Waals surface area contributed by atoms with Crippen LogP contribution in [0.25, 0.3) is 0 Å². The standard InChI is InChI=1S/C11H16N2O3S/c14-9-10-4-5-11(12-8-10)17(15,16)13-6-2-1-3-7-13/h4-5,8,14H,1-3,6-7,9H2. The molecule has 1 saturated heterocycles. The minimum atomic E-state index is -3.45. The van der Waals surface area contributed by atoms with Gasteiger partial charge in [0, 0.05) is 19.3 Å². The Morgan fingerprint density at radius 3 is 2.47 bits per heavy atom. The van der Waals surface area contributed by atoms with Crippen molar-refractivity contribution in [2.45, 2.75) is 30.9 Å². The van der Waals surface area contributed by atoms with Gasteiger partial charge in [-0.15, -0.1) is 0 Å². The number of hydrogen-bond donors (Lipinski definition) is 1. The molecule has 5 nitrogen and oxygen atoms in total. The predicted octanol–water partition coefficient (Wildman–Crippen LogP) is 0.749. The smallest absolute Gasteiger partial charge is 0.260 e. The molecule has 0 aromatic carbocycles. The molecule has 1 aliphatic rings. The summed E-state index contributed by atoms with van der Waals surface area (Å²) in [6.07, 6.45) is 4.31. The van der Waals surface area contributed by atoms with Gasteiger partial charge in [0.05, 0.1) is 6.61 Å². The van der Waals surface area contributed by atoms with Crippen LogP contribution in [0, 0.1) is 0 Å². The van der Waals surface area contributed by atoms with Crippen LogP contribution in [-0.4, -0.2) is 35.9 Å². The summed E-state index contributed by atoms with van der Waals surface area (Å²) in [4.78, 5) is 3.91. The zero-order chi connectivity index (χ0) is 12.3. The summed E-state index contributed by atoms with van der Waals surface area (Å²) >= 11 is 0. The Bertz CT molecular complexity index is 464. The van der Waals surface area contributed by atoms with Crippen molar-refractivity contribution < 1.29 is 13.5 Å². The number of aliphatic hydroxyl groups is 1. The van der Waals surface area contributed by atoms with Gasteiger partial charge >= 0.3 is 0 Å². The van der Waals surface area contributed by atoms with Crippen molar-refractivity contribution in [3.05, 3.63) is 23.9 Å². The van der Waals surface area contributed by atoms with Crippen LogP contribution in [0.1, 0.15) is 24.8 Å². The summed E-state index contributed by atoms with van der Waals surface area (Å²) < 4.78 is 25.9. The monoisotopic (exact) mass is 256 g/mol. The fourth-order valence-corrected chi connectivity index (χ4v) is 3.32. The molecule has 1 aliphatic heterocycles. The molecule has 2 rings (SSSR count). The first-order chi connectivity index (χ1) is 8.14. The highest BCUT2D eigenvalue weighted by Gasteiger charge is 2.26. The fourth-order valence-electron chi connectivity index (χ4n) is 1.89. The number of nitrogens with zero attached hydrogens (tertiary/aromatic N) is 2. The van der Waals surface area contributed by atoms with E-state index in [1.165, 1.54) is 16.6 Å². The molecule has 0 atom stereocenters. The molecule has 0 spiro atoms. The van der Waals surface area contributed by atoms with Crippen LogP contribution in [0.4, 0.5) is 0 Å². The summed E-state index contributed by atoms with van der Waals surface area (Å²) in [6, 6.07) is 3.04. The molecule has 6 heteroatoms. The Morgan fingerprint density at radius 2 is 1.94 bits per heavy atom. The summed E-state index contributed by atoms with van der Waals surface area (Å²) in [6.45, 7) is 1.02. The Balaban J connectivity index is 2.23. The van der Waals surface area contributed by atoms with E-state index in [1.54, 1.807) is 6.07 Å². The quantitative estimate of drug-likeness (QED) is 0.866. The molecular weight excluding hydrogens is 240 g/mol. The molecule has 0 bridgehead atoms. The van der Waals surface area contributed by atoms with Gasteiger partial charge in [-0.1, -0.05) is 12.5 Å². The van der Waals surface area contributed by atoms with Crippen molar-refractivity contribution in [2.24, 2.45) is 0 Å². The lowest BCUT2D eigenvalue weighted by Crippen LogP contribution is -2.36. The largest absolute Gasteiger partial charge is 0.392 e. The van der Waals surface area contributed by atoms with E-state index in [2.05, 4.69) is 4.98 Å². The molecule has 0 unspecified atom stereocenters. The van der Waals surface area contributed by atoms with Gasteiger partial charge < -0.3 is 5.11 Å². The van der Waals surface area contributed by atoms with Gasteiger partial charge in [0.2, 0.25) is 0 Å². The van der Waals surface area contributed by atoms with Gasteiger partial charge in [-0.05, 0) is 24.5 Å². The molecule has 94 valence electrons. The predicted molar refractivity (Wildman–Crippen MR) is 62.8 cm³/mol. The summed E-state index contributed by atoms with van der Waals surface area (Å²) in [5.74, 6) is 0. The summed E-state index contributed by atoms with van der Waals surface area (Å²) in [7, 11) is -3.45. The van der Waals surface area contributed by atoms with Gasteiger partial charge in [0.15, 0.2) is 5.03 Å². The maximum Gasteiger partial charge on any atom is 0.260 e. The van der Waals surface area contributed by atoms with Crippen molar-refractivity contribution in [1.29, 1.82) is 0 Å². The average Bonchev–Trinajstić information content (AvgIpc) is 2.40. The number of aliphatic hydroxyl groups excluding tert-OH is 1. The lowest BCUT2D eigenvalue weighted by atomic mass is 10.2. The summed E-state index contributed by atoms with van der Waals surface area (Å²) in [5.41, 5.74) is 0.614. The van der Waals surface area contributed by atoms with Gasteiger partial charge in [-0.3, -0.25) is 0 Å². The Kier molecular flexibility index (Phi) is 3.76. The lowest BCUT2D eigenvalue weighted by molar-refractivity contribution is 0.281. The highest BCUT2D eigenvalue weighted by Crippen LogP contribution is 2.18. The molecular formula is C11H16N2O3S. The van der Waals surface area contributed by atoms with E-state index < -0.39 is 10.0 Å². The zero-order valence-corrected chi connectivity index (χ0v) is 10.4. The molecule has 1 N–H and O–H groups in total. The topological polar surface area (TPSA) is 70.5 Å². The lowest BCUT2D eigenvalue weighted by Gasteiger charge is -2.25. The second kappa shape index (κ2) is 5.12. The third-order valence-electron chi connectivity index (χ3n) is 2.90. The number of sulfonamides is 1. The second-order valence-electron chi connectivity index (χ2n) is 4.13. The molecule has 17 heavy (non-hydrogen) atoms. The minimum Gasteiger partial charge on any atom is -0.392 e. The average molecular weight is 256 g/mol. The molecule has 0 saturated carbocycles. The van der Waals surface area contributed by atoms with Crippen LogP contribution in [0.3, 0.4) is 0 Å². The van der Waals surface area contributed by atoms with Crippen LogP contribution < -0.4 is 0 Å². The van der Waals surface area contributed by atoms with Gasteiger partial charge in [-0.25, -0.2) is 13.4 Å². The van der Waals surface area contributed by atoms with Crippen molar-refractivity contribution >= 4 is 10.0 Å². The molecule has 1 fully saturated rings. The number of aromatic nitrogens is 1. The van der Waals surface area contributed by atoms with Crippen LogP contribution in [0.5, 0.6) is 0 Å². The Labute approximate surface area is 101 Å². The normalized spacial score (nSPS) is 18.2. The number of piperidine rings is 1. The first-order valence-corrected chi connectivity index (χ1v) is 7.14. The minimum absolute atomic E-state index is 0.0663. The highest BCUT2D eigenvalue weighted by molar-refractivity contribution is 7.89.